The Morgan fingerprint density at radius 1 is 1.04 bits per heavy atom. The van der Waals surface area contributed by atoms with Gasteiger partial charge in [0, 0.05) is 6.42 Å². The fourth-order valence-corrected chi connectivity index (χ4v) is 2.45. The molecule has 0 aliphatic carbocycles. The molecule has 2 aromatic carbocycles. The van der Waals surface area contributed by atoms with E-state index in [1.807, 2.05) is 0 Å². The molecule has 0 unspecified atom stereocenters. The van der Waals surface area contributed by atoms with Crippen LogP contribution in [0.1, 0.15) is 41.6 Å². The molecule has 24 heavy (non-hydrogen) atoms. The highest BCUT2D eigenvalue weighted by Crippen LogP contribution is 2.29. The summed E-state index contributed by atoms with van der Waals surface area (Å²) in [6.07, 6.45) is -0.376. The Bertz CT molecular complexity index is 809. The van der Waals surface area contributed by atoms with Gasteiger partial charge in [0.05, 0.1) is 25.0 Å². The number of carboxylic acids is 2. The topological polar surface area (TPSA) is 101 Å². The molecule has 0 bridgehead atoms. The number of methoxy groups -OCH3 is 1. The van der Waals surface area contributed by atoms with Gasteiger partial charge in [-0.15, -0.1) is 0 Å². The fourth-order valence-electron chi connectivity index (χ4n) is 2.45. The minimum atomic E-state index is -1.04. The summed E-state index contributed by atoms with van der Waals surface area (Å²) in [6, 6.07) is 8.54. The molecule has 0 aliphatic rings. The molecule has 1 atom stereocenters. The third-order valence-electron chi connectivity index (χ3n) is 3.92. The van der Waals surface area contributed by atoms with Crippen molar-refractivity contribution in [3.05, 3.63) is 41.5 Å². The molecule has 0 aliphatic heterocycles. The van der Waals surface area contributed by atoms with Gasteiger partial charge in [0.25, 0.3) is 0 Å². The van der Waals surface area contributed by atoms with Crippen molar-refractivity contribution in [3.8, 4) is 5.75 Å². The van der Waals surface area contributed by atoms with Gasteiger partial charge in [0.1, 0.15) is 5.75 Å². The molecule has 6 nitrogen and oxygen atoms in total. The summed E-state index contributed by atoms with van der Waals surface area (Å²) in [5.74, 6) is -2.59. The number of ketones is 1. The standard InChI is InChI=1S/C18H18O6/c1-10(18(22)23)11-3-4-12-9-16(24-2)14(8-13(12)7-11)15(19)5-6-17(20)21/h3-4,7-10H,5-6H2,1-2H3,(H,20,21)(H,22,23)/t10-/m1/s1. The third-order valence-corrected chi connectivity index (χ3v) is 3.92. The highest BCUT2D eigenvalue weighted by atomic mass is 16.5. The molecule has 0 saturated heterocycles. The number of carboxylic acid groups (broad SMARTS) is 2. The van der Waals surface area contributed by atoms with E-state index in [4.69, 9.17) is 14.9 Å². The van der Waals surface area contributed by atoms with Gasteiger partial charge >= 0.3 is 11.9 Å². The van der Waals surface area contributed by atoms with Crippen LogP contribution in [0, 0.1) is 0 Å². The minimum absolute atomic E-state index is 0.123. The normalized spacial score (nSPS) is 11.9. The second kappa shape index (κ2) is 7.12. The number of aliphatic carboxylic acids is 2. The predicted octanol–water partition coefficient (Wildman–Crippen LogP) is 3.08. The van der Waals surface area contributed by atoms with Crippen molar-refractivity contribution >= 4 is 28.5 Å². The minimum Gasteiger partial charge on any atom is -0.496 e. The van der Waals surface area contributed by atoms with E-state index in [-0.39, 0.29) is 18.6 Å². The number of ether oxygens (including phenoxy) is 1. The quantitative estimate of drug-likeness (QED) is 0.757. The summed E-state index contributed by atoms with van der Waals surface area (Å²) < 4.78 is 5.23. The van der Waals surface area contributed by atoms with Crippen molar-refractivity contribution in [2.75, 3.05) is 7.11 Å². The number of hydrogen-bond donors (Lipinski definition) is 2. The first-order valence-corrected chi connectivity index (χ1v) is 7.43. The second-order valence-corrected chi connectivity index (χ2v) is 5.54. The Morgan fingerprint density at radius 3 is 2.33 bits per heavy atom. The van der Waals surface area contributed by atoms with Crippen LogP contribution in [0.4, 0.5) is 0 Å². The van der Waals surface area contributed by atoms with Crippen molar-refractivity contribution in [1.29, 1.82) is 0 Å². The van der Waals surface area contributed by atoms with Crippen molar-refractivity contribution in [2.24, 2.45) is 0 Å². The molecular formula is C18H18O6. The van der Waals surface area contributed by atoms with Crippen LogP contribution in [-0.2, 0) is 9.59 Å². The van der Waals surface area contributed by atoms with Crippen LogP contribution in [-0.4, -0.2) is 35.0 Å². The van der Waals surface area contributed by atoms with Crippen molar-refractivity contribution in [1.82, 2.24) is 0 Å². The molecule has 0 saturated carbocycles. The Balaban J connectivity index is 2.48. The molecule has 2 aromatic rings. The van der Waals surface area contributed by atoms with Gasteiger partial charge in [-0.05, 0) is 35.4 Å². The summed E-state index contributed by atoms with van der Waals surface area (Å²) in [5, 5.41) is 19.4. The summed E-state index contributed by atoms with van der Waals surface area (Å²) in [6.45, 7) is 1.59. The van der Waals surface area contributed by atoms with Crippen LogP contribution in [0.3, 0.4) is 0 Å². The van der Waals surface area contributed by atoms with Gasteiger partial charge in [-0.25, -0.2) is 0 Å². The molecule has 0 aromatic heterocycles. The molecule has 2 N–H and O–H groups in total. The fraction of sp³-hybridized carbons (Fsp3) is 0.278. The van der Waals surface area contributed by atoms with Crippen molar-refractivity contribution < 1.29 is 29.3 Å². The van der Waals surface area contributed by atoms with Crippen molar-refractivity contribution in [3.63, 3.8) is 0 Å². The van der Waals surface area contributed by atoms with Gasteiger partial charge < -0.3 is 14.9 Å². The SMILES string of the molecule is COc1cc2ccc([C@@H](C)C(=O)O)cc2cc1C(=O)CCC(=O)O. The molecule has 2 rings (SSSR count). The van der Waals surface area contributed by atoms with E-state index in [9.17, 15) is 14.4 Å². The molecule has 6 heteroatoms. The summed E-state index contributed by atoms with van der Waals surface area (Å²) in [7, 11) is 1.44. The first-order chi connectivity index (χ1) is 11.3. The third kappa shape index (κ3) is 3.71. The van der Waals surface area contributed by atoms with Gasteiger partial charge in [-0.3, -0.25) is 14.4 Å². The lowest BCUT2D eigenvalue weighted by atomic mass is 9.95. The molecule has 0 heterocycles. The molecular weight excluding hydrogens is 312 g/mol. The van der Waals surface area contributed by atoms with Gasteiger partial charge in [-0.2, -0.15) is 0 Å². The van der Waals surface area contributed by atoms with E-state index in [1.165, 1.54) is 7.11 Å². The largest absolute Gasteiger partial charge is 0.496 e. The van der Waals surface area contributed by atoms with Gasteiger partial charge in [0.15, 0.2) is 5.78 Å². The first kappa shape index (κ1) is 17.5. The molecule has 0 radical (unpaired) electrons. The van der Waals surface area contributed by atoms with E-state index >= 15 is 0 Å². The lowest BCUT2D eigenvalue weighted by Crippen LogP contribution is -2.08. The Hall–Kier alpha value is -2.89. The van der Waals surface area contributed by atoms with E-state index in [0.29, 0.717) is 22.3 Å². The zero-order valence-corrected chi connectivity index (χ0v) is 13.4. The Morgan fingerprint density at radius 2 is 1.75 bits per heavy atom. The lowest BCUT2D eigenvalue weighted by molar-refractivity contribution is -0.138. The average Bonchev–Trinajstić information content (AvgIpc) is 2.56. The van der Waals surface area contributed by atoms with Crippen molar-refractivity contribution in [2.45, 2.75) is 25.7 Å². The Kier molecular flexibility index (Phi) is 5.18. The van der Waals surface area contributed by atoms with Gasteiger partial charge in [0.2, 0.25) is 0 Å². The van der Waals surface area contributed by atoms with E-state index in [2.05, 4.69) is 0 Å². The van der Waals surface area contributed by atoms with E-state index < -0.39 is 17.9 Å². The molecule has 0 fully saturated rings. The van der Waals surface area contributed by atoms with Crippen LogP contribution in [0.25, 0.3) is 10.8 Å². The maximum absolute atomic E-state index is 12.3. The van der Waals surface area contributed by atoms with E-state index in [1.54, 1.807) is 37.3 Å². The number of Topliss-reactive ketones (excluding diaryl/α,β-unsaturated/α-hetero) is 1. The lowest BCUT2D eigenvalue weighted by Gasteiger charge is -2.12. The smallest absolute Gasteiger partial charge is 0.310 e. The summed E-state index contributed by atoms with van der Waals surface area (Å²) >= 11 is 0. The zero-order valence-electron chi connectivity index (χ0n) is 13.4. The van der Waals surface area contributed by atoms with Crippen LogP contribution >= 0.6 is 0 Å². The van der Waals surface area contributed by atoms with Crippen LogP contribution in [0.2, 0.25) is 0 Å². The maximum Gasteiger partial charge on any atom is 0.310 e. The number of carbonyl (C=O) groups excluding carboxylic acids is 1. The highest BCUT2D eigenvalue weighted by Gasteiger charge is 2.17. The predicted molar refractivity (Wildman–Crippen MR) is 87.8 cm³/mol. The highest BCUT2D eigenvalue weighted by molar-refractivity contribution is 6.03. The summed E-state index contributed by atoms with van der Waals surface area (Å²) in [5.41, 5.74) is 0.926. The molecule has 0 spiro atoms. The van der Waals surface area contributed by atoms with Crippen LogP contribution in [0.15, 0.2) is 30.3 Å². The zero-order chi connectivity index (χ0) is 17.9. The Labute approximate surface area is 138 Å². The second-order valence-electron chi connectivity index (χ2n) is 5.54. The van der Waals surface area contributed by atoms with E-state index in [0.717, 1.165) is 5.39 Å². The van der Waals surface area contributed by atoms with Crippen LogP contribution < -0.4 is 4.74 Å². The number of hydrogen-bond acceptors (Lipinski definition) is 4. The molecule has 0 amide bonds. The van der Waals surface area contributed by atoms with Gasteiger partial charge in [-0.1, -0.05) is 18.2 Å². The van der Waals surface area contributed by atoms with Crippen LogP contribution in [0.5, 0.6) is 5.75 Å². The average molecular weight is 330 g/mol. The number of carbonyl (C=O) groups is 3. The number of rotatable bonds is 7. The summed E-state index contributed by atoms with van der Waals surface area (Å²) in [4.78, 5) is 34.0. The first-order valence-electron chi connectivity index (χ1n) is 7.43. The monoisotopic (exact) mass is 330 g/mol. The maximum atomic E-state index is 12.3. The molecule has 126 valence electrons. The number of benzene rings is 2. The number of fused-ring (bicyclic) bond motifs is 1.